The van der Waals surface area contributed by atoms with Crippen molar-refractivity contribution in [1.82, 2.24) is 4.90 Å². The SMILES string of the molecule is CCc1ccccc1N=C1S/C(=C/c2cc(Br)c(O)c(Br)c2)C(=O)N1CC. The van der Waals surface area contributed by atoms with Crippen LogP contribution in [0.4, 0.5) is 5.69 Å². The molecule has 0 spiro atoms. The lowest BCUT2D eigenvalue weighted by Crippen LogP contribution is -2.28. The maximum absolute atomic E-state index is 12.8. The van der Waals surface area contributed by atoms with Crippen molar-refractivity contribution >= 4 is 66.5 Å². The number of amides is 1. The second-order valence-corrected chi connectivity index (χ2v) is 8.59. The Morgan fingerprint density at radius 3 is 2.48 bits per heavy atom. The van der Waals surface area contributed by atoms with Crippen LogP contribution in [0, 0.1) is 0 Å². The van der Waals surface area contributed by atoms with E-state index in [9.17, 15) is 9.90 Å². The molecule has 1 N–H and O–H groups in total. The number of carbonyl (C=O) groups excluding carboxylic acids is 1. The van der Waals surface area contributed by atoms with Gasteiger partial charge in [0.15, 0.2) is 5.17 Å². The molecule has 140 valence electrons. The molecule has 0 radical (unpaired) electrons. The molecular weight excluding hydrogens is 492 g/mol. The predicted molar refractivity (Wildman–Crippen MR) is 119 cm³/mol. The molecule has 1 aliphatic heterocycles. The third kappa shape index (κ3) is 4.31. The Bertz CT molecular complexity index is 934. The molecule has 0 aromatic heterocycles. The van der Waals surface area contributed by atoms with Crippen LogP contribution < -0.4 is 0 Å². The van der Waals surface area contributed by atoms with Gasteiger partial charge in [0.25, 0.3) is 5.91 Å². The highest BCUT2D eigenvalue weighted by Crippen LogP contribution is 2.37. The minimum Gasteiger partial charge on any atom is -0.506 e. The van der Waals surface area contributed by atoms with Crippen LogP contribution in [0.3, 0.4) is 0 Å². The second kappa shape index (κ2) is 8.63. The smallest absolute Gasteiger partial charge is 0.266 e. The first-order chi connectivity index (χ1) is 12.9. The number of hydrogen-bond donors (Lipinski definition) is 1. The number of nitrogens with zero attached hydrogens (tertiary/aromatic N) is 2. The van der Waals surface area contributed by atoms with Gasteiger partial charge in [0, 0.05) is 6.54 Å². The Labute approximate surface area is 179 Å². The first-order valence-corrected chi connectivity index (χ1v) is 10.9. The van der Waals surface area contributed by atoms with Gasteiger partial charge in [-0.15, -0.1) is 0 Å². The van der Waals surface area contributed by atoms with Crippen molar-refractivity contribution in [3.05, 3.63) is 61.4 Å². The topological polar surface area (TPSA) is 52.9 Å². The van der Waals surface area contributed by atoms with E-state index in [1.165, 1.54) is 11.8 Å². The van der Waals surface area contributed by atoms with E-state index in [0.717, 1.165) is 23.2 Å². The third-order valence-corrected chi connectivity index (χ3v) is 6.35. The molecule has 0 saturated carbocycles. The zero-order valence-electron chi connectivity index (χ0n) is 14.9. The summed E-state index contributed by atoms with van der Waals surface area (Å²) >= 11 is 8.02. The Morgan fingerprint density at radius 1 is 1.19 bits per heavy atom. The number of benzene rings is 2. The number of para-hydroxylation sites is 1. The number of carbonyl (C=O) groups is 1. The number of likely N-dealkylation sites (N-methyl/N-ethyl adjacent to an activating group) is 1. The monoisotopic (exact) mass is 508 g/mol. The normalized spacial score (nSPS) is 17.3. The second-order valence-electron chi connectivity index (χ2n) is 5.87. The highest BCUT2D eigenvalue weighted by molar-refractivity contribution is 9.11. The van der Waals surface area contributed by atoms with Crippen molar-refractivity contribution in [1.29, 1.82) is 0 Å². The lowest BCUT2D eigenvalue weighted by molar-refractivity contribution is -0.122. The average Bonchev–Trinajstić information content (AvgIpc) is 2.94. The van der Waals surface area contributed by atoms with E-state index < -0.39 is 0 Å². The van der Waals surface area contributed by atoms with Crippen LogP contribution in [0.5, 0.6) is 5.75 Å². The molecule has 27 heavy (non-hydrogen) atoms. The average molecular weight is 510 g/mol. The lowest BCUT2D eigenvalue weighted by Gasteiger charge is -2.12. The van der Waals surface area contributed by atoms with E-state index >= 15 is 0 Å². The number of phenols is 1. The van der Waals surface area contributed by atoms with E-state index in [2.05, 4.69) is 44.8 Å². The molecule has 0 atom stereocenters. The molecule has 0 bridgehead atoms. The molecule has 3 rings (SSSR count). The van der Waals surface area contributed by atoms with Gasteiger partial charge in [-0.2, -0.15) is 0 Å². The van der Waals surface area contributed by atoms with Crippen molar-refractivity contribution in [3.8, 4) is 5.75 Å². The van der Waals surface area contributed by atoms with Gasteiger partial charge in [0.2, 0.25) is 0 Å². The Morgan fingerprint density at radius 2 is 1.85 bits per heavy atom. The molecule has 1 saturated heterocycles. The Kier molecular flexibility index (Phi) is 6.44. The first-order valence-electron chi connectivity index (χ1n) is 8.50. The number of phenolic OH excluding ortho intramolecular Hbond substituents is 1. The Balaban J connectivity index is 1.99. The number of thioether (sulfide) groups is 1. The van der Waals surface area contributed by atoms with Crippen molar-refractivity contribution in [3.63, 3.8) is 0 Å². The van der Waals surface area contributed by atoms with Crippen LogP contribution in [0.15, 0.2) is 55.2 Å². The summed E-state index contributed by atoms with van der Waals surface area (Å²) in [7, 11) is 0. The van der Waals surface area contributed by atoms with Gasteiger partial charge >= 0.3 is 0 Å². The van der Waals surface area contributed by atoms with Crippen LogP contribution in [0.2, 0.25) is 0 Å². The maximum Gasteiger partial charge on any atom is 0.266 e. The van der Waals surface area contributed by atoms with Crippen molar-refractivity contribution in [2.45, 2.75) is 20.3 Å². The number of aliphatic imine (C=N–C) groups is 1. The molecule has 1 amide bonds. The van der Waals surface area contributed by atoms with E-state index in [0.29, 0.717) is 25.6 Å². The summed E-state index contributed by atoms with van der Waals surface area (Å²) in [5.74, 6) is 0.0757. The minimum atomic E-state index is -0.0597. The van der Waals surface area contributed by atoms with Gasteiger partial charge in [0.05, 0.1) is 19.5 Å². The number of aromatic hydroxyl groups is 1. The summed E-state index contributed by atoms with van der Waals surface area (Å²) in [6.07, 6.45) is 2.70. The van der Waals surface area contributed by atoms with Gasteiger partial charge in [-0.1, -0.05) is 25.1 Å². The minimum absolute atomic E-state index is 0.0597. The summed E-state index contributed by atoms with van der Waals surface area (Å²) in [6, 6.07) is 11.5. The van der Waals surface area contributed by atoms with Crippen molar-refractivity contribution in [2.75, 3.05) is 6.54 Å². The molecule has 1 heterocycles. The van der Waals surface area contributed by atoms with Crippen molar-refractivity contribution in [2.24, 2.45) is 4.99 Å². The van der Waals surface area contributed by atoms with Crippen LogP contribution in [-0.2, 0) is 11.2 Å². The van der Waals surface area contributed by atoms with Crippen LogP contribution in [0.1, 0.15) is 25.0 Å². The van der Waals surface area contributed by atoms with Gasteiger partial charge in [-0.25, -0.2) is 4.99 Å². The molecule has 1 aliphatic rings. The molecule has 2 aromatic rings. The summed E-state index contributed by atoms with van der Waals surface area (Å²) in [6.45, 7) is 4.59. The van der Waals surface area contributed by atoms with E-state index in [4.69, 9.17) is 4.99 Å². The largest absolute Gasteiger partial charge is 0.506 e. The summed E-state index contributed by atoms with van der Waals surface area (Å²) in [5.41, 5.74) is 2.86. The van der Waals surface area contributed by atoms with Gasteiger partial charge in [0.1, 0.15) is 5.75 Å². The number of hydrogen-bond acceptors (Lipinski definition) is 4. The fourth-order valence-corrected chi connectivity index (χ4v) is 4.99. The quantitative estimate of drug-likeness (QED) is 0.506. The Hall–Kier alpha value is -1.57. The van der Waals surface area contributed by atoms with Gasteiger partial charge < -0.3 is 5.11 Å². The van der Waals surface area contributed by atoms with Gasteiger partial charge in [-0.3, -0.25) is 9.69 Å². The number of rotatable bonds is 4. The molecule has 2 aromatic carbocycles. The third-order valence-electron chi connectivity index (χ3n) is 4.13. The fraction of sp³-hybridized carbons (Fsp3) is 0.200. The lowest BCUT2D eigenvalue weighted by atomic mass is 10.1. The molecule has 0 aliphatic carbocycles. The molecule has 0 unspecified atom stereocenters. The highest BCUT2D eigenvalue weighted by atomic mass is 79.9. The number of halogens is 2. The fourth-order valence-electron chi connectivity index (χ4n) is 2.71. The van der Waals surface area contributed by atoms with E-state index in [1.807, 2.05) is 31.2 Å². The van der Waals surface area contributed by atoms with E-state index in [-0.39, 0.29) is 11.7 Å². The summed E-state index contributed by atoms with van der Waals surface area (Å²) < 4.78 is 1.13. The first kappa shape index (κ1) is 20.2. The zero-order chi connectivity index (χ0) is 19.6. The number of aryl methyl sites for hydroxylation is 1. The summed E-state index contributed by atoms with van der Waals surface area (Å²) in [5, 5.41) is 10.6. The van der Waals surface area contributed by atoms with E-state index in [1.54, 1.807) is 17.0 Å². The van der Waals surface area contributed by atoms with Crippen LogP contribution in [0.25, 0.3) is 6.08 Å². The maximum atomic E-state index is 12.8. The molecular formula is C20H18Br2N2O2S. The van der Waals surface area contributed by atoms with Crippen LogP contribution in [-0.4, -0.2) is 27.6 Å². The molecule has 1 fully saturated rings. The van der Waals surface area contributed by atoms with Crippen molar-refractivity contribution < 1.29 is 9.90 Å². The summed E-state index contributed by atoms with van der Waals surface area (Å²) in [4.78, 5) is 19.9. The van der Waals surface area contributed by atoms with Crippen LogP contribution >= 0.6 is 43.6 Å². The van der Waals surface area contributed by atoms with Gasteiger partial charge in [-0.05, 0) is 92.4 Å². The standard InChI is InChI=1S/C20H18Br2N2O2S/c1-3-13-7-5-6-8-16(13)23-20-24(4-2)19(26)17(27-20)11-12-9-14(21)18(25)15(22)10-12/h5-11,25H,3-4H2,1-2H3/b17-11+,23-20?. The highest BCUT2D eigenvalue weighted by Gasteiger charge is 2.32. The molecule has 4 nitrogen and oxygen atoms in total. The zero-order valence-corrected chi connectivity index (χ0v) is 18.9. The predicted octanol–water partition coefficient (Wildman–Crippen LogP) is 6.10. The molecule has 7 heteroatoms. The number of amidine groups is 1.